The summed E-state index contributed by atoms with van der Waals surface area (Å²) in [6.07, 6.45) is 4.52. The highest BCUT2D eigenvalue weighted by Gasteiger charge is 2.52. The lowest BCUT2D eigenvalue weighted by Crippen LogP contribution is -2.45. The van der Waals surface area contributed by atoms with Crippen molar-refractivity contribution in [2.75, 3.05) is 11.9 Å². The van der Waals surface area contributed by atoms with E-state index in [2.05, 4.69) is 31.3 Å². The van der Waals surface area contributed by atoms with Crippen LogP contribution in [0.2, 0.25) is 0 Å². The van der Waals surface area contributed by atoms with Crippen molar-refractivity contribution < 1.29 is 19.4 Å². The Bertz CT molecular complexity index is 761. The van der Waals surface area contributed by atoms with Crippen molar-refractivity contribution in [1.29, 1.82) is 0 Å². The van der Waals surface area contributed by atoms with Crippen molar-refractivity contribution in [2.24, 2.45) is 11.8 Å². The van der Waals surface area contributed by atoms with Crippen LogP contribution in [-0.2, 0) is 14.3 Å². The maximum Gasteiger partial charge on any atom is 0.303 e. The van der Waals surface area contributed by atoms with E-state index >= 15 is 0 Å². The Morgan fingerprint density at radius 1 is 1.26 bits per heavy atom. The van der Waals surface area contributed by atoms with Crippen LogP contribution in [0.5, 0.6) is 0 Å². The van der Waals surface area contributed by atoms with Crippen LogP contribution in [-0.4, -0.2) is 29.2 Å². The van der Waals surface area contributed by atoms with Gasteiger partial charge in [0.2, 0.25) is 5.91 Å². The minimum absolute atomic E-state index is 0.00688. The second-order valence-electron chi connectivity index (χ2n) is 8.79. The van der Waals surface area contributed by atoms with E-state index in [1.807, 2.05) is 6.07 Å². The molecule has 2 aliphatic carbocycles. The van der Waals surface area contributed by atoms with Gasteiger partial charge in [0.15, 0.2) is 0 Å². The highest BCUT2D eigenvalue weighted by molar-refractivity contribution is 5.92. The van der Waals surface area contributed by atoms with Crippen LogP contribution in [0.1, 0.15) is 75.3 Å². The van der Waals surface area contributed by atoms with Gasteiger partial charge >= 0.3 is 5.97 Å². The van der Waals surface area contributed by atoms with Gasteiger partial charge in [-0.15, -0.1) is 0 Å². The van der Waals surface area contributed by atoms with Crippen molar-refractivity contribution in [2.45, 2.75) is 69.8 Å². The molecule has 0 aromatic heterocycles. The maximum absolute atomic E-state index is 12.0. The number of hydrogen-bond donors (Lipinski definition) is 2. The molecule has 5 atom stereocenters. The van der Waals surface area contributed by atoms with Crippen LogP contribution in [0.15, 0.2) is 18.2 Å². The number of anilines is 1. The van der Waals surface area contributed by atoms with Crippen LogP contribution >= 0.6 is 0 Å². The molecule has 5 nitrogen and oxygen atoms in total. The number of amides is 1. The minimum atomic E-state index is -0.949. The van der Waals surface area contributed by atoms with Crippen molar-refractivity contribution >= 4 is 17.6 Å². The van der Waals surface area contributed by atoms with Crippen LogP contribution in [0, 0.1) is 11.8 Å². The maximum atomic E-state index is 12.0. The minimum Gasteiger partial charge on any atom is -0.481 e. The van der Waals surface area contributed by atoms with E-state index in [-0.39, 0.29) is 24.3 Å². The molecule has 1 aromatic carbocycles. The molecule has 0 bridgehead atoms. The molecule has 27 heavy (non-hydrogen) atoms. The number of benzene rings is 1. The molecule has 4 unspecified atom stereocenters. The van der Waals surface area contributed by atoms with Gasteiger partial charge in [0.05, 0.1) is 12.0 Å². The Hall–Kier alpha value is -1.88. The number of carbonyl (C=O) groups excluding carboxylic acids is 1. The number of hydrogen-bond acceptors (Lipinski definition) is 3. The zero-order valence-electron chi connectivity index (χ0n) is 16.2. The summed E-state index contributed by atoms with van der Waals surface area (Å²) >= 11 is 0. The molecule has 2 N–H and O–H groups in total. The monoisotopic (exact) mass is 371 g/mol. The largest absolute Gasteiger partial charge is 0.481 e. The Morgan fingerprint density at radius 2 is 2.07 bits per heavy atom. The first kappa shape index (κ1) is 18.5. The molecule has 4 rings (SSSR count). The number of carbonyl (C=O) groups is 2. The van der Waals surface area contributed by atoms with Gasteiger partial charge in [-0.1, -0.05) is 13.0 Å². The molecule has 1 heterocycles. The molecule has 2 fully saturated rings. The first-order valence-electron chi connectivity index (χ1n) is 10.2. The predicted molar refractivity (Wildman–Crippen MR) is 103 cm³/mol. The van der Waals surface area contributed by atoms with E-state index in [1.165, 1.54) is 30.4 Å². The van der Waals surface area contributed by atoms with Gasteiger partial charge in [-0.05, 0) is 79.5 Å². The summed E-state index contributed by atoms with van der Waals surface area (Å²) < 4.78 is 6.13. The molecule has 0 spiro atoms. The Balaban J connectivity index is 1.54. The quantitative estimate of drug-likeness (QED) is 0.828. The Labute approximate surface area is 160 Å². The van der Waals surface area contributed by atoms with Crippen LogP contribution in [0.3, 0.4) is 0 Å². The molecule has 0 radical (unpaired) electrons. The summed E-state index contributed by atoms with van der Waals surface area (Å²) in [5.74, 6) is 1.20. The first-order chi connectivity index (χ1) is 12.9. The van der Waals surface area contributed by atoms with Crippen LogP contribution in [0.4, 0.5) is 5.69 Å². The lowest BCUT2D eigenvalue weighted by molar-refractivity contribution is -0.138. The van der Waals surface area contributed by atoms with Crippen LogP contribution < -0.4 is 5.32 Å². The zero-order valence-corrected chi connectivity index (χ0v) is 16.2. The van der Waals surface area contributed by atoms with E-state index in [9.17, 15) is 9.59 Å². The number of fused-ring (bicyclic) bond motifs is 5. The molecule has 1 aliphatic heterocycles. The zero-order chi connectivity index (χ0) is 19.2. The lowest BCUT2D eigenvalue weighted by atomic mass is 9.57. The fourth-order valence-corrected chi connectivity index (χ4v) is 5.80. The van der Waals surface area contributed by atoms with Crippen molar-refractivity contribution in [1.82, 2.24) is 0 Å². The summed E-state index contributed by atoms with van der Waals surface area (Å²) in [5.41, 5.74) is 3.63. The highest BCUT2D eigenvalue weighted by Crippen LogP contribution is 2.57. The van der Waals surface area contributed by atoms with E-state index in [1.54, 1.807) is 0 Å². The molecule has 1 aromatic rings. The van der Waals surface area contributed by atoms with Gasteiger partial charge in [-0.3, -0.25) is 9.59 Å². The van der Waals surface area contributed by atoms with Crippen molar-refractivity contribution in [3.05, 3.63) is 29.3 Å². The van der Waals surface area contributed by atoms with Crippen LogP contribution in [0.25, 0.3) is 0 Å². The lowest BCUT2D eigenvalue weighted by Gasteiger charge is -2.49. The van der Waals surface area contributed by atoms with Gasteiger partial charge < -0.3 is 15.2 Å². The predicted octanol–water partition coefficient (Wildman–Crippen LogP) is 4.29. The summed E-state index contributed by atoms with van der Waals surface area (Å²) in [7, 11) is 0. The number of carboxylic acids is 1. The fourth-order valence-electron chi connectivity index (χ4n) is 5.80. The average Bonchev–Trinajstić information content (AvgIpc) is 3.02. The molecule has 146 valence electrons. The number of ether oxygens (including phenoxy) is 1. The normalized spacial score (nSPS) is 34.3. The van der Waals surface area contributed by atoms with Gasteiger partial charge in [-0.25, -0.2) is 0 Å². The van der Waals surface area contributed by atoms with E-state index in [4.69, 9.17) is 9.84 Å². The molecule has 1 saturated carbocycles. The molecule has 1 saturated heterocycles. The number of rotatable bonds is 4. The highest BCUT2D eigenvalue weighted by atomic mass is 16.5. The fraction of sp³-hybridized carbons (Fsp3) is 0.636. The third-order valence-electron chi connectivity index (χ3n) is 7.12. The molecule has 1 amide bonds. The van der Waals surface area contributed by atoms with E-state index < -0.39 is 5.97 Å². The SMILES string of the molecule is CC1CC2C(CC[C@]3(C)OCCC23)c2ccc(NC(=O)CCC(=O)O)cc21. The van der Waals surface area contributed by atoms with E-state index in [0.29, 0.717) is 23.7 Å². The van der Waals surface area contributed by atoms with Gasteiger partial charge in [0.25, 0.3) is 0 Å². The third kappa shape index (κ3) is 3.38. The standard InChI is InChI=1S/C22H29NO4/c1-13-11-18-16(7-9-22(2)19(18)8-10-27-22)15-4-3-14(12-17(13)15)23-20(24)5-6-21(25)26/h3-4,12-13,16,18-19H,5-11H2,1-2H3,(H,23,24)(H,25,26)/t13?,16?,18?,19?,22-/m0/s1. The second-order valence-corrected chi connectivity index (χ2v) is 8.79. The number of nitrogens with one attached hydrogen (secondary N) is 1. The van der Waals surface area contributed by atoms with Gasteiger partial charge in [0, 0.05) is 18.7 Å². The number of carboxylic acid groups (broad SMARTS) is 1. The van der Waals surface area contributed by atoms with Crippen molar-refractivity contribution in [3.8, 4) is 0 Å². The molecule has 3 aliphatic rings. The Morgan fingerprint density at radius 3 is 2.85 bits per heavy atom. The molecular weight excluding hydrogens is 342 g/mol. The smallest absolute Gasteiger partial charge is 0.303 e. The summed E-state index contributed by atoms with van der Waals surface area (Å²) in [6, 6.07) is 6.27. The van der Waals surface area contributed by atoms with Crippen molar-refractivity contribution in [3.63, 3.8) is 0 Å². The second kappa shape index (κ2) is 6.93. The molecule has 5 heteroatoms. The summed E-state index contributed by atoms with van der Waals surface area (Å²) in [4.78, 5) is 22.6. The van der Waals surface area contributed by atoms with Gasteiger partial charge in [-0.2, -0.15) is 0 Å². The van der Waals surface area contributed by atoms with E-state index in [0.717, 1.165) is 18.7 Å². The summed E-state index contributed by atoms with van der Waals surface area (Å²) in [5, 5.41) is 11.6. The first-order valence-corrected chi connectivity index (χ1v) is 10.2. The van der Waals surface area contributed by atoms with Gasteiger partial charge in [0.1, 0.15) is 0 Å². The third-order valence-corrected chi connectivity index (χ3v) is 7.12. The average molecular weight is 371 g/mol. The molecular formula is C22H29NO4. The summed E-state index contributed by atoms with van der Waals surface area (Å²) in [6.45, 7) is 5.48. The topological polar surface area (TPSA) is 75.6 Å². The Kier molecular flexibility index (Phi) is 4.75. The number of aliphatic carboxylic acids is 1.